The predicted molar refractivity (Wildman–Crippen MR) is 91.9 cm³/mol. The molecule has 126 valence electrons. The van der Waals surface area contributed by atoms with E-state index in [0.717, 1.165) is 6.07 Å². The van der Waals surface area contributed by atoms with Crippen molar-refractivity contribution in [1.82, 2.24) is 9.80 Å². The number of nitrogens with two attached hydrogens (primary N) is 1. The Morgan fingerprint density at radius 3 is 2.21 bits per heavy atom. The van der Waals surface area contributed by atoms with Crippen molar-refractivity contribution in [1.29, 1.82) is 0 Å². The Labute approximate surface area is 147 Å². The smallest absolute Gasteiger partial charge is 0.264 e. The van der Waals surface area contributed by atoms with Crippen molar-refractivity contribution in [2.45, 2.75) is 0 Å². The lowest BCUT2D eigenvalue weighted by atomic mass is 10.1. The summed E-state index contributed by atoms with van der Waals surface area (Å²) < 4.78 is 13.7. The van der Waals surface area contributed by atoms with Crippen molar-refractivity contribution >= 4 is 40.4 Å². The van der Waals surface area contributed by atoms with Gasteiger partial charge in [0.05, 0.1) is 14.8 Å². The van der Waals surface area contributed by atoms with Crippen LogP contribution in [0.5, 0.6) is 0 Å². The number of thiophene rings is 1. The first-order valence-electron chi connectivity index (χ1n) is 7.34. The van der Waals surface area contributed by atoms with Crippen LogP contribution in [0.15, 0.2) is 30.3 Å². The summed E-state index contributed by atoms with van der Waals surface area (Å²) in [4.78, 5) is 28.8. The van der Waals surface area contributed by atoms with Gasteiger partial charge in [0.1, 0.15) is 5.82 Å². The van der Waals surface area contributed by atoms with Crippen molar-refractivity contribution in [2.24, 2.45) is 0 Å². The zero-order chi connectivity index (χ0) is 17.3. The lowest BCUT2D eigenvalue weighted by molar-refractivity contribution is 0.0538. The molecule has 0 unspecified atom stereocenters. The highest BCUT2D eigenvalue weighted by Crippen LogP contribution is 2.23. The second-order valence-electron chi connectivity index (χ2n) is 5.42. The molecule has 2 N–H and O–H groups in total. The van der Waals surface area contributed by atoms with Crippen LogP contribution >= 0.6 is 22.9 Å². The molecule has 0 saturated carbocycles. The summed E-state index contributed by atoms with van der Waals surface area (Å²) >= 11 is 7.10. The zero-order valence-electron chi connectivity index (χ0n) is 12.7. The molecule has 0 aliphatic carbocycles. The Hall–Kier alpha value is -2.12. The van der Waals surface area contributed by atoms with Gasteiger partial charge in [0.15, 0.2) is 0 Å². The highest BCUT2D eigenvalue weighted by Gasteiger charge is 2.27. The molecule has 2 heterocycles. The summed E-state index contributed by atoms with van der Waals surface area (Å²) in [6.07, 6.45) is 0. The van der Waals surface area contributed by atoms with E-state index in [4.69, 9.17) is 17.3 Å². The SMILES string of the molecule is Nc1cc(F)ccc1C(=O)N1CCN(C(=O)c2ccc(Cl)s2)CC1. The molecule has 5 nitrogen and oxygen atoms in total. The monoisotopic (exact) mass is 367 g/mol. The van der Waals surface area contributed by atoms with E-state index in [1.165, 1.54) is 23.5 Å². The molecule has 1 fully saturated rings. The summed E-state index contributed by atoms with van der Waals surface area (Å²) in [6.45, 7) is 1.67. The first kappa shape index (κ1) is 16.7. The van der Waals surface area contributed by atoms with Gasteiger partial charge in [-0.2, -0.15) is 0 Å². The number of rotatable bonds is 2. The number of hydrogen-bond acceptors (Lipinski definition) is 4. The van der Waals surface area contributed by atoms with Crippen LogP contribution in [0.3, 0.4) is 0 Å². The van der Waals surface area contributed by atoms with Crippen molar-refractivity contribution in [3.05, 3.63) is 50.9 Å². The van der Waals surface area contributed by atoms with Gasteiger partial charge in [0, 0.05) is 31.9 Å². The minimum atomic E-state index is -0.478. The van der Waals surface area contributed by atoms with Gasteiger partial charge in [0.25, 0.3) is 11.8 Å². The number of piperazine rings is 1. The molecular weight excluding hydrogens is 353 g/mol. The van der Waals surface area contributed by atoms with Gasteiger partial charge >= 0.3 is 0 Å². The van der Waals surface area contributed by atoms with Gasteiger partial charge in [-0.3, -0.25) is 9.59 Å². The van der Waals surface area contributed by atoms with E-state index in [-0.39, 0.29) is 23.1 Å². The minimum Gasteiger partial charge on any atom is -0.398 e. The Morgan fingerprint density at radius 2 is 1.67 bits per heavy atom. The number of hydrogen-bond donors (Lipinski definition) is 1. The molecule has 2 amide bonds. The maximum Gasteiger partial charge on any atom is 0.264 e. The Bertz CT molecular complexity index is 787. The number of carbonyl (C=O) groups is 2. The lowest BCUT2D eigenvalue weighted by Gasteiger charge is -2.34. The summed E-state index contributed by atoms with van der Waals surface area (Å²) in [5, 5.41) is 0. The molecule has 0 atom stereocenters. The molecule has 1 aromatic carbocycles. The molecule has 0 radical (unpaired) electrons. The molecule has 0 spiro atoms. The summed E-state index contributed by atoms with van der Waals surface area (Å²) in [7, 11) is 0. The molecule has 1 aromatic heterocycles. The van der Waals surface area contributed by atoms with Crippen molar-refractivity contribution < 1.29 is 14.0 Å². The third kappa shape index (κ3) is 3.37. The topological polar surface area (TPSA) is 66.6 Å². The van der Waals surface area contributed by atoms with Crippen LogP contribution in [0.4, 0.5) is 10.1 Å². The average Bonchev–Trinajstić information content (AvgIpc) is 3.00. The number of benzene rings is 1. The van der Waals surface area contributed by atoms with E-state index >= 15 is 0 Å². The number of halogens is 2. The molecule has 2 aromatic rings. The number of amides is 2. The third-order valence-electron chi connectivity index (χ3n) is 3.88. The molecule has 3 rings (SSSR count). The highest BCUT2D eigenvalue weighted by atomic mass is 35.5. The molecular formula is C16H15ClFN3O2S. The van der Waals surface area contributed by atoms with Crippen molar-refractivity contribution in [2.75, 3.05) is 31.9 Å². The average molecular weight is 368 g/mol. The van der Waals surface area contributed by atoms with Gasteiger partial charge < -0.3 is 15.5 Å². The maximum atomic E-state index is 13.1. The molecule has 1 aliphatic heterocycles. The van der Waals surface area contributed by atoms with Crippen LogP contribution in [0, 0.1) is 5.82 Å². The van der Waals surface area contributed by atoms with Crippen LogP contribution in [0.2, 0.25) is 4.34 Å². The lowest BCUT2D eigenvalue weighted by Crippen LogP contribution is -2.50. The van der Waals surface area contributed by atoms with Crippen molar-refractivity contribution in [3.8, 4) is 0 Å². The quantitative estimate of drug-likeness (QED) is 0.830. The minimum absolute atomic E-state index is 0.0831. The predicted octanol–water partition coefficient (Wildman–Crippen LogP) is 2.72. The van der Waals surface area contributed by atoms with Crippen LogP contribution in [-0.4, -0.2) is 47.8 Å². The second kappa shape index (κ2) is 6.78. The molecule has 1 aliphatic rings. The van der Waals surface area contributed by atoms with E-state index in [9.17, 15) is 14.0 Å². The van der Waals surface area contributed by atoms with Gasteiger partial charge in [-0.1, -0.05) is 11.6 Å². The zero-order valence-corrected chi connectivity index (χ0v) is 14.2. The van der Waals surface area contributed by atoms with Crippen LogP contribution in [0.1, 0.15) is 20.0 Å². The van der Waals surface area contributed by atoms with E-state index in [2.05, 4.69) is 0 Å². The Balaban J connectivity index is 1.64. The van der Waals surface area contributed by atoms with Gasteiger partial charge in [-0.05, 0) is 30.3 Å². The second-order valence-corrected chi connectivity index (χ2v) is 7.13. The number of nitrogens with zero attached hydrogens (tertiary/aromatic N) is 2. The molecule has 0 bridgehead atoms. The van der Waals surface area contributed by atoms with Crippen molar-refractivity contribution in [3.63, 3.8) is 0 Å². The standard InChI is InChI=1S/C16H15ClFN3O2S/c17-14-4-3-13(24-14)16(23)21-7-5-20(6-8-21)15(22)11-2-1-10(18)9-12(11)19/h1-4,9H,5-8,19H2. The van der Waals surface area contributed by atoms with Crippen LogP contribution < -0.4 is 5.73 Å². The van der Waals surface area contributed by atoms with Crippen LogP contribution in [-0.2, 0) is 0 Å². The fourth-order valence-electron chi connectivity index (χ4n) is 2.60. The summed E-state index contributed by atoms with van der Waals surface area (Å²) in [5.41, 5.74) is 6.12. The fourth-order valence-corrected chi connectivity index (χ4v) is 3.61. The van der Waals surface area contributed by atoms with Crippen LogP contribution in [0.25, 0.3) is 0 Å². The van der Waals surface area contributed by atoms with E-state index in [1.807, 2.05) is 0 Å². The third-order valence-corrected chi connectivity index (χ3v) is 5.10. The fraction of sp³-hybridized carbons (Fsp3) is 0.250. The number of nitrogen functional groups attached to an aromatic ring is 1. The molecule has 24 heavy (non-hydrogen) atoms. The molecule has 1 saturated heterocycles. The normalized spacial score (nSPS) is 14.8. The van der Waals surface area contributed by atoms with Gasteiger partial charge in [-0.25, -0.2) is 4.39 Å². The first-order valence-corrected chi connectivity index (χ1v) is 8.54. The van der Waals surface area contributed by atoms with Gasteiger partial charge in [0.2, 0.25) is 0 Å². The Kier molecular flexibility index (Phi) is 4.73. The van der Waals surface area contributed by atoms with E-state index in [0.29, 0.717) is 35.4 Å². The maximum absolute atomic E-state index is 13.1. The summed E-state index contributed by atoms with van der Waals surface area (Å²) in [6, 6.07) is 7.12. The van der Waals surface area contributed by atoms with E-state index in [1.54, 1.807) is 21.9 Å². The van der Waals surface area contributed by atoms with Gasteiger partial charge in [-0.15, -0.1) is 11.3 Å². The largest absolute Gasteiger partial charge is 0.398 e. The summed E-state index contributed by atoms with van der Waals surface area (Å²) in [5.74, 6) is -0.812. The number of anilines is 1. The first-order chi connectivity index (χ1) is 11.5. The highest BCUT2D eigenvalue weighted by molar-refractivity contribution is 7.17. The van der Waals surface area contributed by atoms with E-state index < -0.39 is 5.82 Å². The molecule has 8 heteroatoms. The Morgan fingerprint density at radius 1 is 1.04 bits per heavy atom. The number of carbonyl (C=O) groups excluding carboxylic acids is 2.